The van der Waals surface area contributed by atoms with Gasteiger partial charge in [0.1, 0.15) is 11.2 Å². The molecule has 0 radical (unpaired) electrons. The molecule has 4 heteroatoms. The third-order valence-corrected chi connectivity index (χ3v) is 11.2. The second kappa shape index (κ2) is 9.23. The van der Waals surface area contributed by atoms with Crippen LogP contribution in [0, 0.1) is 6.92 Å². The van der Waals surface area contributed by atoms with Crippen LogP contribution in [-0.4, -0.2) is 6.85 Å². The van der Waals surface area contributed by atoms with E-state index in [0.29, 0.717) is 0 Å². The van der Waals surface area contributed by atoms with E-state index in [1.54, 1.807) is 0 Å². The molecule has 1 aromatic heterocycles. The van der Waals surface area contributed by atoms with Crippen molar-refractivity contribution in [3.63, 3.8) is 0 Å². The molecule has 3 nitrogen and oxygen atoms in total. The summed E-state index contributed by atoms with van der Waals surface area (Å²) in [7, 11) is 0. The predicted molar refractivity (Wildman–Crippen MR) is 203 cm³/mol. The van der Waals surface area contributed by atoms with Gasteiger partial charge in [-0.1, -0.05) is 107 Å². The van der Waals surface area contributed by atoms with Gasteiger partial charge in [0, 0.05) is 39.1 Å². The molecule has 0 saturated carbocycles. The van der Waals surface area contributed by atoms with Crippen LogP contribution in [0.15, 0.2) is 120 Å². The molecule has 6 aromatic carbocycles. The maximum atomic E-state index is 6.55. The van der Waals surface area contributed by atoms with Crippen molar-refractivity contribution >= 4 is 68.1 Å². The molecule has 0 amide bonds. The lowest BCUT2D eigenvalue weighted by atomic mass is 9.42. The summed E-state index contributed by atoms with van der Waals surface area (Å²) in [6.07, 6.45) is 0. The Labute approximate surface area is 282 Å². The molecule has 0 spiro atoms. The monoisotopic (exact) mass is 620 g/mol. The van der Waals surface area contributed by atoms with Crippen molar-refractivity contribution in [3.8, 4) is 11.1 Å². The fourth-order valence-corrected chi connectivity index (χ4v) is 8.94. The number of nitrogens with zero attached hydrogens (tertiary/aromatic N) is 2. The predicted octanol–water partition coefficient (Wildman–Crippen LogP) is 10.5. The van der Waals surface area contributed by atoms with Gasteiger partial charge in [-0.3, -0.25) is 0 Å². The first-order chi connectivity index (χ1) is 23.1. The molecule has 0 atom stereocenters. The van der Waals surface area contributed by atoms with Gasteiger partial charge in [-0.15, -0.1) is 0 Å². The summed E-state index contributed by atoms with van der Waals surface area (Å²) in [4.78, 5) is 5.21. The molecule has 3 aliphatic rings. The lowest BCUT2D eigenvalue weighted by Gasteiger charge is -2.50. The van der Waals surface area contributed by atoms with Gasteiger partial charge in [-0.05, 0) is 93.5 Å². The molecule has 0 fully saturated rings. The van der Waals surface area contributed by atoms with E-state index in [0.717, 1.165) is 16.6 Å². The van der Waals surface area contributed by atoms with Crippen LogP contribution in [0.4, 0.5) is 28.4 Å². The van der Waals surface area contributed by atoms with E-state index < -0.39 is 0 Å². The quantitative estimate of drug-likeness (QED) is 0.170. The maximum absolute atomic E-state index is 6.55. The van der Waals surface area contributed by atoms with Gasteiger partial charge in [-0.2, -0.15) is 0 Å². The number of benzene rings is 6. The van der Waals surface area contributed by atoms with E-state index in [9.17, 15) is 0 Å². The zero-order chi connectivity index (χ0) is 32.7. The van der Waals surface area contributed by atoms with Crippen molar-refractivity contribution in [3.05, 3.63) is 138 Å². The summed E-state index contributed by atoms with van der Waals surface area (Å²) in [5.41, 5.74) is 18.6. The van der Waals surface area contributed by atoms with Crippen LogP contribution < -0.4 is 20.6 Å². The van der Waals surface area contributed by atoms with Crippen molar-refractivity contribution in [1.29, 1.82) is 0 Å². The second-order valence-corrected chi connectivity index (χ2v) is 15.5. The van der Waals surface area contributed by atoms with E-state index in [2.05, 4.69) is 167 Å². The summed E-state index contributed by atoms with van der Waals surface area (Å²) in [6, 6.07) is 43.1. The third kappa shape index (κ3) is 3.50. The highest BCUT2D eigenvalue weighted by atomic mass is 16.3. The minimum absolute atomic E-state index is 0.0323. The molecule has 7 aromatic rings. The first-order valence-corrected chi connectivity index (χ1v) is 17.1. The maximum Gasteiger partial charge on any atom is 0.333 e. The van der Waals surface area contributed by atoms with Crippen molar-refractivity contribution in [2.75, 3.05) is 9.71 Å². The van der Waals surface area contributed by atoms with Crippen molar-refractivity contribution < 1.29 is 4.42 Å². The summed E-state index contributed by atoms with van der Waals surface area (Å²) in [5.74, 6) is 0. The van der Waals surface area contributed by atoms with E-state index in [1.807, 2.05) is 0 Å². The van der Waals surface area contributed by atoms with E-state index in [1.165, 1.54) is 78.1 Å². The zero-order valence-corrected chi connectivity index (χ0v) is 28.3. The lowest BCUT2D eigenvalue weighted by molar-refractivity contribution is 0.590. The average molecular weight is 621 g/mol. The number of para-hydroxylation sites is 3. The van der Waals surface area contributed by atoms with Gasteiger partial charge in [-0.25, -0.2) is 0 Å². The Hall–Kier alpha value is -5.22. The lowest BCUT2D eigenvalue weighted by Crippen LogP contribution is -2.62. The van der Waals surface area contributed by atoms with Gasteiger partial charge in [0.05, 0.1) is 11.1 Å². The fourth-order valence-electron chi connectivity index (χ4n) is 8.94. The van der Waals surface area contributed by atoms with Gasteiger partial charge >= 0.3 is 6.85 Å². The molecule has 232 valence electrons. The van der Waals surface area contributed by atoms with Crippen LogP contribution in [0.25, 0.3) is 33.1 Å². The van der Waals surface area contributed by atoms with Gasteiger partial charge < -0.3 is 14.1 Å². The Balaban J connectivity index is 1.38. The van der Waals surface area contributed by atoms with Crippen LogP contribution in [0.2, 0.25) is 0 Å². The normalized spacial score (nSPS) is 15.3. The van der Waals surface area contributed by atoms with Crippen molar-refractivity contribution in [1.82, 2.24) is 0 Å². The van der Waals surface area contributed by atoms with Gasteiger partial charge in [0.25, 0.3) is 0 Å². The molecule has 3 aliphatic heterocycles. The highest BCUT2D eigenvalue weighted by molar-refractivity contribution is 6.94. The number of anilines is 5. The molecular weight excluding hydrogens is 583 g/mol. The first kappa shape index (κ1) is 27.9. The molecule has 0 bridgehead atoms. The highest BCUT2D eigenvalue weighted by Gasteiger charge is 2.49. The standard InChI is InChI=1S/C44H37BN2O/c1-26-24-31-29-22-23-38-39(30-12-7-10-17-37(30)48-38)41(29)47(28-20-18-27(19-21-28)43(2,3)4)45-34-15-11-14-33-42(34)46(36(25-26)40(31)45)35-16-9-8-13-32(35)44(33,5)6/h7-25H,1-6H3. The number of rotatable bonds is 1. The summed E-state index contributed by atoms with van der Waals surface area (Å²) < 4.78 is 6.55. The van der Waals surface area contributed by atoms with Gasteiger partial charge in [0.2, 0.25) is 0 Å². The van der Waals surface area contributed by atoms with Crippen molar-refractivity contribution in [2.45, 2.75) is 52.4 Å². The summed E-state index contributed by atoms with van der Waals surface area (Å²) in [6.45, 7) is 13.8. The molecule has 0 saturated heterocycles. The van der Waals surface area contributed by atoms with Gasteiger partial charge in [0.15, 0.2) is 0 Å². The Morgan fingerprint density at radius 1 is 0.667 bits per heavy atom. The first-order valence-electron chi connectivity index (χ1n) is 17.1. The van der Waals surface area contributed by atoms with E-state index >= 15 is 0 Å². The molecular formula is C44H37BN2O. The van der Waals surface area contributed by atoms with E-state index in [4.69, 9.17) is 4.42 Å². The number of fused-ring (bicyclic) bond motifs is 10. The summed E-state index contributed by atoms with van der Waals surface area (Å²) in [5, 5.41) is 2.33. The Morgan fingerprint density at radius 2 is 1.42 bits per heavy atom. The summed E-state index contributed by atoms with van der Waals surface area (Å²) >= 11 is 0. The van der Waals surface area contributed by atoms with Crippen LogP contribution in [-0.2, 0) is 10.8 Å². The Morgan fingerprint density at radius 3 is 2.23 bits per heavy atom. The molecule has 0 N–H and O–H groups in total. The number of hydrogen-bond donors (Lipinski definition) is 0. The smallest absolute Gasteiger partial charge is 0.333 e. The molecule has 48 heavy (non-hydrogen) atoms. The van der Waals surface area contributed by atoms with Crippen LogP contribution in [0.3, 0.4) is 0 Å². The minimum atomic E-state index is -0.150. The molecule has 0 unspecified atom stereocenters. The fraction of sp³-hybridized carbons (Fsp3) is 0.182. The highest BCUT2D eigenvalue weighted by Crippen LogP contribution is 2.56. The van der Waals surface area contributed by atoms with E-state index in [-0.39, 0.29) is 17.7 Å². The molecule has 4 heterocycles. The average Bonchev–Trinajstić information content (AvgIpc) is 3.46. The molecule has 0 aliphatic carbocycles. The minimum Gasteiger partial charge on any atom is -0.456 e. The Kier molecular flexibility index (Phi) is 5.36. The SMILES string of the molecule is Cc1cc2c3c(c1)N1c4ccccc4C(C)(C)c4cccc(c41)B3N(c1ccc(C(C)(C)C)cc1)c1c-2ccc2oc3ccccc3c12. The van der Waals surface area contributed by atoms with Crippen LogP contribution in [0.5, 0.6) is 0 Å². The number of furan rings is 1. The third-order valence-electron chi connectivity index (χ3n) is 11.2. The largest absolute Gasteiger partial charge is 0.456 e. The Bertz CT molecular complexity index is 2500. The zero-order valence-electron chi connectivity index (χ0n) is 28.3. The van der Waals surface area contributed by atoms with Crippen molar-refractivity contribution in [2.24, 2.45) is 0 Å². The number of aryl methyl sites for hydroxylation is 1. The van der Waals surface area contributed by atoms with Crippen LogP contribution in [0.1, 0.15) is 56.9 Å². The number of hydrogen-bond acceptors (Lipinski definition) is 3. The topological polar surface area (TPSA) is 19.6 Å². The second-order valence-electron chi connectivity index (χ2n) is 15.5. The molecule has 10 rings (SSSR count). The van der Waals surface area contributed by atoms with Crippen LogP contribution >= 0.6 is 0 Å².